The van der Waals surface area contributed by atoms with Gasteiger partial charge in [0.05, 0.1) is 12.9 Å². The van der Waals surface area contributed by atoms with E-state index in [2.05, 4.69) is 4.74 Å². The predicted octanol–water partition coefficient (Wildman–Crippen LogP) is 0.0447. The molecule has 0 aromatic carbocycles. The van der Waals surface area contributed by atoms with Crippen molar-refractivity contribution in [2.24, 2.45) is 5.73 Å². The van der Waals surface area contributed by atoms with Gasteiger partial charge in [0.1, 0.15) is 6.04 Å². The molecule has 0 aliphatic carbocycles. The molecule has 1 atom stereocenters. The van der Waals surface area contributed by atoms with Gasteiger partial charge >= 0.3 is 5.97 Å². The van der Waals surface area contributed by atoms with Crippen molar-refractivity contribution in [3.8, 4) is 0 Å². The fraction of sp³-hybridized carbons (Fsp3) is 0.889. The Labute approximate surface area is 101 Å². The fourth-order valence-corrected chi connectivity index (χ4v) is 3.31. The van der Waals surface area contributed by atoms with Crippen molar-refractivity contribution in [3.63, 3.8) is 0 Å². The summed E-state index contributed by atoms with van der Waals surface area (Å²) >= 11 is 1.48. The van der Waals surface area contributed by atoms with Crippen LogP contribution in [0.2, 0.25) is 0 Å². The van der Waals surface area contributed by atoms with Crippen molar-refractivity contribution in [1.82, 2.24) is 0 Å². The number of sulfone groups is 1. The molecule has 0 rings (SSSR count). The SMILES string of the molecule is CCS(=O)(=O)CCSCCC(N)C(=O)OC. The quantitative estimate of drug-likeness (QED) is 0.495. The van der Waals surface area contributed by atoms with Crippen LogP contribution in [-0.4, -0.2) is 50.6 Å². The molecule has 7 heteroatoms. The van der Waals surface area contributed by atoms with Gasteiger partial charge in [0.15, 0.2) is 9.84 Å². The number of rotatable bonds is 8. The Morgan fingerprint density at radius 3 is 2.56 bits per heavy atom. The summed E-state index contributed by atoms with van der Waals surface area (Å²) in [6.07, 6.45) is 0.503. The van der Waals surface area contributed by atoms with Crippen LogP contribution in [0.3, 0.4) is 0 Å². The minimum atomic E-state index is -2.88. The third kappa shape index (κ3) is 7.08. The number of hydrogen-bond donors (Lipinski definition) is 1. The highest BCUT2D eigenvalue weighted by molar-refractivity contribution is 8.00. The molecule has 16 heavy (non-hydrogen) atoms. The minimum Gasteiger partial charge on any atom is -0.468 e. The van der Waals surface area contributed by atoms with Crippen molar-refractivity contribution >= 4 is 27.6 Å². The number of carbonyl (C=O) groups excluding carboxylic acids is 1. The molecule has 0 bridgehead atoms. The molecule has 0 aliphatic rings. The zero-order chi connectivity index (χ0) is 12.6. The monoisotopic (exact) mass is 269 g/mol. The molecule has 0 fully saturated rings. The maximum atomic E-state index is 11.1. The average molecular weight is 269 g/mol. The largest absolute Gasteiger partial charge is 0.468 e. The van der Waals surface area contributed by atoms with E-state index in [1.807, 2.05) is 0 Å². The number of nitrogens with two attached hydrogens (primary N) is 1. The number of esters is 1. The molecule has 0 aromatic heterocycles. The summed E-state index contributed by atoms with van der Waals surface area (Å²) in [5.74, 6) is 1.14. The molecular weight excluding hydrogens is 250 g/mol. The number of thioether (sulfide) groups is 1. The van der Waals surface area contributed by atoms with Gasteiger partial charge in [0.2, 0.25) is 0 Å². The van der Waals surface area contributed by atoms with E-state index in [0.717, 1.165) is 0 Å². The van der Waals surface area contributed by atoms with E-state index in [4.69, 9.17) is 5.73 Å². The van der Waals surface area contributed by atoms with Gasteiger partial charge < -0.3 is 10.5 Å². The fourth-order valence-electron chi connectivity index (χ4n) is 0.912. The number of carbonyl (C=O) groups is 1. The lowest BCUT2D eigenvalue weighted by Crippen LogP contribution is -2.32. The Morgan fingerprint density at radius 1 is 1.44 bits per heavy atom. The highest BCUT2D eigenvalue weighted by Gasteiger charge is 2.13. The topological polar surface area (TPSA) is 86.5 Å². The standard InChI is InChI=1S/C9H19NO4S2/c1-3-16(12,13)7-6-15-5-4-8(10)9(11)14-2/h8H,3-7,10H2,1-2H3. The van der Waals surface area contributed by atoms with E-state index in [9.17, 15) is 13.2 Å². The Kier molecular flexibility index (Phi) is 7.78. The lowest BCUT2D eigenvalue weighted by Gasteiger charge is -2.08. The summed E-state index contributed by atoms with van der Waals surface area (Å²) in [5, 5.41) is 0. The lowest BCUT2D eigenvalue weighted by atomic mass is 10.2. The van der Waals surface area contributed by atoms with E-state index in [1.54, 1.807) is 6.92 Å². The molecule has 0 spiro atoms. The van der Waals surface area contributed by atoms with Crippen molar-refractivity contribution in [2.45, 2.75) is 19.4 Å². The van der Waals surface area contributed by atoms with Gasteiger partial charge in [-0.1, -0.05) is 6.92 Å². The predicted molar refractivity (Wildman–Crippen MR) is 66.3 cm³/mol. The van der Waals surface area contributed by atoms with Crippen LogP contribution in [0.1, 0.15) is 13.3 Å². The number of methoxy groups -OCH3 is 1. The summed E-state index contributed by atoms with van der Waals surface area (Å²) in [5.41, 5.74) is 5.52. The van der Waals surface area contributed by atoms with Crippen LogP contribution in [0.15, 0.2) is 0 Å². The Morgan fingerprint density at radius 2 is 2.06 bits per heavy atom. The first kappa shape index (κ1) is 15.7. The maximum absolute atomic E-state index is 11.1. The smallest absolute Gasteiger partial charge is 0.322 e. The first-order chi connectivity index (χ1) is 7.43. The third-order valence-electron chi connectivity index (χ3n) is 2.06. The summed E-state index contributed by atoms with van der Waals surface area (Å²) in [6.45, 7) is 1.63. The average Bonchev–Trinajstić information content (AvgIpc) is 2.27. The number of hydrogen-bond acceptors (Lipinski definition) is 6. The van der Waals surface area contributed by atoms with Crippen LogP contribution >= 0.6 is 11.8 Å². The van der Waals surface area contributed by atoms with Gasteiger partial charge in [0.25, 0.3) is 0 Å². The van der Waals surface area contributed by atoms with E-state index < -0.39 is 21.8 Å². The second-order valence-corrected chi connectivity index (χ2v) is 6.96. The van der Waals surface area contributed by atoms with Crippen LogP contribution in [0.4, 0.5) is 0 Å². The van der Waals surface area contributed by atoms with Crippen LogP contribution in [0, 0.1) is 0 Å². The van der Waals surface area contributed by atoms with Crippen molar-refractivity contribution in [3.05, 3.63) is 0 Å². The zero-order valence-corrected chi connectivity index (χ0v) is 11.3. The summed E-state index contributed by atoms with van der Waals surface area (Å²) < 4.78 is 26.7. The molecule has 0 amide bonds. The molecule has 0 saturated carbocycles. The molecule has 0 aliphatic heterocycles. The van der Waals surface area contributed by atoms with E-state index in [1.165, 1.54) is 18.9 Å². The molecule has 1 unspecified atom stereocenters. The van der Waals surface area contributed by atoms with Crippen molar-refractivity contribution in [1.29, 1.82) is 0 Å². The van der Waals surface area contributed by atoms with Gasteiger partial charge in [-0.25, -0.2) is 8.42 Å². The molecule has 0 heterocycles. The third-order valence-corrected chi connectivity index (χ3v) is 5.04. The first-order valence-electron chi connectivity index (χ1n) is 5.04. The number of ether oxygens (including phenoxy) is 1. The van der Waals surface area contributed by atoms with Crippen LogP contribution in [0.5, 0.6) is 0 Å². The second kappa shape index (κ2) is 7.92. The van der Waals surface area contributed by atoms with Crippen LogP contribution in [0.25, 0.3) is 0 Å². The summed E-state index contributed by atoms with van der Waals surface area (Å²) in [4.78, 5) is 10.9. The molecule has 5 nitrogen and oxygen atoms in total. The van der Waals surface area contributed by atoms with E-state index >= 15 is 0 Å². The molecule has 0 aromatic rings. The van der Waals surface area contributed by atoms with Gasteiger partial charge in [-0.2, -0.15) is 11.8 Å². The van der Waals surface area contributed by atoms with Crippen LogP contribution < -0.4 is 5.73 Å². The Balaban J connectivity index is 3.58. The Bertz CT molecular complexity index is 303. The molecule has 0 saturated heterocycles. The van der Waals surface area contributed by atoms with Gasteiger partial charge in [-0.15, -0.1) is 0 Å². The maximum Gasteiger partial charge on any atom is 0.322 e. The van der Waals surface area contributed by atoms with E-state index in [0.29, 0.717) is 17.9 Å². The summed E-state index contributed by atoms with van der Waals surface area (Å²) in [6, 6.07) is -0.611. The summed E-state index contributed by atoms with van der Waals surface area (Å²) in [7, 11) is -1.59. The van der Waals surface area contributed by atoms with Gasteiger partial charge in [-0.3, -0.25) is 4.79 Å². The minimum absolute atomic E-state index is 0.176. The zero-order valence-electron chi connectivity index (χ0n) is 9.64. The molecular formula is C9H19NO4S2. The van der Waals surface area contributed by atoms with Crippen LogP contribution in [-0.2, 0) is 19.4 Å². The normalized spacial score (nSPS) is 13.4. The highest BCUT2D eigenvalue weighted by atomic mass is 32.2. The van der Waals surface area contributed by atoms with Crippen molar-refractivity contribution < 1.29 is 17.9 Å². The Hall–Kier alpha value is -0.270. The van der Waals surface area contributed by atoms with E-state index in [-0.39, 0.29) is 11.5 Å². The van der Waals surface area contributed by atoms with Gasteiger partial charge in [0, 0.05) is 11.5 Å². The van der Waals surface area contributed by atoms with Gasteiger partial charge in [-0.05, 0) is 12.2 Å². The molecule has 2 N–H and O–H groups in total. The highest BCUT2D eigenvalue weighted by Crippen LogP contribution is 2.06. The first-order valence-corrected chi connectivity index (χ1v) is 8.02. The lowest BCUT2D eigenvalue weighted by molar-refractivity contribution is -0.142. The molecule has 96 valence electrons. The molecule has 0 radical (unpaired) electrons. The van der Waals surface area contributed by atoms with Crippen molar-refractivity contribution in [2.75, 3.05) is 30.1 Å². The second-order valence-electron chi connectivity index (χ2n) is 3.27.